The Kier molecular flexibility index (Phi) is 7.78. The molecule has 0 saturated heterocycles. The van der Waals surface area contributed by atoms with Gasteiger partial charge in [0.1, 0.15) is 11.4 Å². The van der Waals surface area contributed by atoms with Crippen LogP contribution in [0.15, 0.2) is 72.8 Å². The zero-order valence-corrected chi connectivity index (χ0v) is 21.4. The molecule has 4 rings (SSSR count). The molecule has 0 spiro atoms. The number of carbonyl (C=O) groups excluding carboxylic acids is 1. The Hall–Kier alpha value is -3.60. The molecule has 1 aliphatic rings. The molecule has 5 heteroatoms. The highest BCUT2D eigenvalue weighted by atomic mass is 16.5. The summed E-state index contributed by atoms with van der Waals surface area (Å²) < 4.78 is 6.35. The molecular weight excluding hydrogens is 450 g/mol. The topological polar surface area (TPSA) is 66.8 Å². The van der Waals surface area contributed by atoms with Crippen molar-refractivity contribution in [3.8, 4) is 5.75 Å². The van der Waals surface area contributed by atoms with Crippen molar-refractivity contribution in [2.24, 2.45) is 0 Å². The minimum absolute atomic E-state index is 0.0811. The van der Waals surface area contributed by atoms with E-state index in [0.717, 1.165) is 23.3 Å². The number of fused-ring (bicyclic) bond motifs is 1. The van der Waals surface area contributed by atoms with Crippen LogP contribution < -0.4 is 4.74 Å². The molecule has 1 atom stereocenters. The smallest absolute Gasteiger partial charge is 0.305 e. The summed E-state index contributed by atoms with van der Waals surface area (Å²) in [6.45, 7) is 7.14. The number of carbonyl (C=O) groups is 2. The summed E-state index contributed by atoms with van der Waals surface area (Å²) in [6.07, 6.45) is 2.09. The molecule has 0 fully saturated rings. The van der Waals surface area contributed by atoms with E-state index >= 15 is 0 Å². The van der Waals surface area contributed by atoms with Crippen LogP contribution >= 0.6 is 0 Å². The van der Waals surface area contributed by atoms with Crippen LogP contribution in [-0.2, 0) is 24.1 Å². The Bertz CT molecular complexity index is 1200. The van der Waals surface area contributed by atoms with E-state index in [1.54, 1.807) is 11.0 Å². The van der Waals surface area contributed by atoms with Gasteiger partial charge in [-0.3, -0.25) is 9.59 Å². The molecule has 0 radical (unpaired) electrons. The summed E-state index contributed by atoms with van der Waals surface area (Å²) in [5.41, 5.74) is 4.88. The van der Waals surface area contributed by atoms with Crippen LogP contribution in [0, 0.1) is 0 Å². The van der Waals surface area contributed by atoms with Gasteiger partial charge in [-0.2, -0.15) is 0 Å². The van der Waals surface area contributed by atoms with Crippen LogP contribution in [0.3, 0.4) is 0 Å². The number of hydrogen-bond acceptors (Lipinski definition) is 3. The van der Waals surface area contributed by atoms with E-state index in [1.807, 2.05) is 42.5 Å². The van der Waals surface area contributed by atoms with Gasteiger partial charge in [0.2, 0.25) is 0 Å². The molecular formula is C31H35NO4. The number of ether oxygens (including phenoxy) is 1. The summed E-state index contributed by atoms with van der Waals surface area (Å²) >= 11 is 0. The van der Waals surface area contributed by atoms with Gasteiger partial charge < -0.3 is 14.7 Å². The van der Waals surface area contributed by atoms with Gasteiger partial charge in [0, 0.05) is 31.5 Å². The van der Waals surface area contributed by atoms with E-state index in [-0.39, 0.29) is 24.5 Å². The fourth-order valence-electron chi connectivity index (χ4n) is 4.84. The zero-order valence-electron chi connectivity index (χ0n) is 21.4. The number of hydrogen-bond donors (Lipinski definition) is 1. The van der Waals surface area contributed by atoms with Crippen LogP contribution in [0.5, 0.6) is 5.75 Å². The van der Waals surface area contributed by atoms with E-state index < -0.39 is 5.97 Å². The molecule has 1 aliphatic heterocycles. The summed E-state index contributed by atoms with van der Waals surface area (Å²) in [7, 11) is 0. The largest absolute Gasteiger partial charge is 0.487 e. The monoisotopic (exact) mass is 485 g/mol. The number of amides is 1. The average molecular weight is 486 g/mol. The molecule has 0 bridgehead atoms. The second-order valence-electron chi connectivity index (χ2n) is 10.3. The average Bonchev–Trinajstić information content (AvgIpc) is 3.19. The molecule has 1 heterocycles. The molecule has 3 aromatic rings. The lowest BCUT2D eigenvalue weighted by molar-refractivity contribution is -0.137. The van der Waals surface area contributed by atoms with Crippen LogP contribution in [0.1, 0.15) is 65.7 Å². The lowest BCUT2D eigenvalue weighted by Crippen LogP contribution is -2.35. The van der Waals surface area contributed by atoms with Gasteiger partial charge in [-0.25, -0.2) is 0 Å². The van der Waals surface area contributed by atoms with Crippen molar-refractivity contribution >= 4 is 11.9 Å². The molecule has 36 heavy (non-hydrogen) atoms. The molecule has 1 N–H and O–H groups in total. The Morgan fingerprint density at radius 2 is 1.69 bits per heavy atom. The Morgan fingerprint density at radius 1 is 0.972 bits per heavy atom. The quantitative estimate of drug-likeness (QED) is 0.388. The third-order valence-electron chi connectivity index (χ3n) is 6.85. The van der Waals surface area contributed by atoms with Gasteiger partial charge in [0.05, 0.1) is 6.42 Å². The lowest BCUT2D eigenvalue weighted by atomic mass is 9.90. The first kappa shape index (κ1) is 25.5. The van der Waals surface area contributed by atoms with Gasteiger partial charge in [0.15, 0.2) is 0 Å². The maximum atomic E-state index is 13.4. The van der Waals surface area contributed by atoms with Gasteiger partial charge in [0.25, 0.3) is 5.91 Å². The van der Waals surface area contributed by atoms with Gasteiger partial charge in [-0.05, 0) is 59.7 Å². The number of aliphatic carboxylic acids is 1. The molecule has 5 nitrogen and oxygen atoms in total. The van der Waals surface area contributed by atoms with E-state index in [4.69, 9.17) is 4.74 Å². The number of rotatable bonds is 10. The summed E-state index contributed by atoms with van der Waals surface area (Å²) in [5, 5.41) is 9.19. The van der Waals surface area contributed by atoms with Crippen molar-refractivity contribution in [1.82, 2.24) is 4.90 Å². The van der Waals surface area contributed by atoms with E-state index in [2.05, 4.69) is 45.0 Å². The highest BCUT2D eigenvalue weighted by molar-refractivity contribution is 5.95. The SMILES string of the molecule is CC(C)c1ccc(CC2(C)Cc3cc(C(=O)N(CCC(=O)O)CCc4ccccc4)ccc3O2)cc1. The minimum atomic E-state index is -0.910. The standard InChI is InChI=1S/C31H35NO4/c1-22(2)25-11-9-24(10-12-25)20-31(3)21-27-19-26(13-14-28(27)36-31)30(35)32(18-16-29(33)34)17-15-23-7-5-4-6-8-23/h4-14,19,22H,15-18,20-21H2,1-3H3,(H,33,34). The fourth-order valence-corrected chi connectivity index (χ4v) is 4.84. The molecule has 1 amide bonds. The Morgan fingerprint density at radius 3 is 2.36 bits per heavy atom. The molecule has 0 aliphatic carbocycles. The molecule has 0 saturated carbocycles. The van der Waals surface area contributed by atoms with E-state index in [0.29, 0.717) is 30.9 Å². The van der Waals surface area contributed by atoms with Crippen molar-refractivity contribution in [2.45, 2.75) is 58.0 Å². The van der Waals surface area contributed by atoms with E-state index in [1.165, 1.54) is 11.1 Å². The number of nitrogens with zero attached hydrogens (tertiary/aromatic N) is 1. The van der Waals surface area contributed by atoms with Crippen molar-refractivity contribution in [1.29, 1.82) is 0 Å². The van der Waals surface area contributed by atoms with Gasteiger partial charge >= 0.3 is 5.97 Å². The van der Waals surface area contributed by atoms with Crippen LogP contribution in [0.2, 0.25) is 0 Å². The predicted octanol–water partition coefficient (Wildman–Crippen LogP) is 5.91. The van der Waals surface area contributed by atoms with Gasteiger partial charge in [-0.15, -0.1) is 0 Å². The normalized spacial score (nSPS) is 16.4. The Labute approximate surface area is 213 Å². The van der Waals surface area contributed by atoms with Crippen LogP contribution in [-0.4, -0.2) is 40.6 Å². The number of carboxylic acids is 1. The van der Waals surface area contributed by atoms with Crippen molar-refractivity contribution in [3.05, 3.63) is 101 Å². The van der Waals surface area contributed by atoms with Crippen molar-refractivity contribution < 1.29 is 19.4 Å². The first-order valence-electron chi connectivity index (χ1n) is 12.7. The van der Waals surface area contributed by atoms with Crippen molar-refractivity contribution in [3.63, 3.8) is 0 Å². The molecule has 1 unspecified atom stereocenters. The third-order valence-corrected chi connectivity index (χ3v) is 6.85. The van der Waals surface area contributed by atoms with Crippen molar-refractivity contribution in [2.75, 3.05) is 13.1 Å². The number of carboxylic acid groups (broad SMARTS) is 1. The Balaban J connectivity index is 1.46. The highest BCUT2D eigenvalue weighted by Crippen LogP contribution is 2.38. The van der Waals surface area contributed by atoms with Crippen LogP contribution in [0.4, 0.5) is 0 Å². The summed E-state index contributed by atoms with van der Waals surface area (Å²) in [4.78, 5) is 26.3. The van der Waals surface area contributed by atoms with Gasteiger partial charge in [-0.1, -0.05) is 68.4 Å². The summed E-state index contributed by atoms with van der Waals surface area (Å²) in [5.74, 6) is 0.259. The number of benzene rings is 3. The maximum Gasteiger partial charge on any atom is 0.305 e. The molecule has 0 aromatic heterocycles. The fraction of sp³-hybridized carbons (Fsp3) is 0.355. The summed E-state index contributed by atoms with van der Waals surface area (Å²) in [6, 6.07) is 24.2. The maximum absolute atomic E-state index is 13.4. The molecule has 3 aromatic carbocycles. The zero-order chi connectivity index (χ0) is 25.7. The predicted molar refractivity (Wildman–Crippen MR) is 142 cm³/mol. The van der Waals surface area contributed by atoms with Crippen LogP contribution in [0.25, 0.3) is 0 Å². The minimum Gasteiger partial charge on any atom is -0.487 e. The molecule has 188 valence electrons. The highest BCUT2D eigenvalue weighted by Gasteiger charge is 2.35. The third kappa shape index (κ3) is 6.34. The lowest BCUT2D eigenvalue weighted by Gasteiger charge is -2.24. The second-order valence-corrected chi connectivity index (χ2v) is 10.3. The van der Waals surface area contributed by atoms with E-state index in [9.17, 15) is 14.7 Å². The first-order valence-corrected chi connectivity index (χ1v) is 12.7. The first-order chi connectivity index (χ1) is 17.2. The second kappa shape index (κ2) is 11.0.